The molecular weight excluding hydrogens is 491 g/mol. The lowest BCUT2D eigenvalue weighted by Gasteiger charge is -2.20. The third kappa shape index (κ3) is 3.86. The molecule has 0 aliphatic carbocycles. The van der Waals surface area contributed by atoms with Crippen LogP contribution in [-0.4, -0.2) is 0 Å². The fraction of sp³-hybridized carbons (Fsp3) is 0.294. The van der Waals surface area contributed by atoms with Crippen molar-refractivity contribution in [2.75, 3.05) is 0 Å². The van der Waals surface area contributed by atoms with Crippen LogP contribution >= 0.6 is 54.5 Å². The second-order valence-electron chi connectivity index (χ2n) is 5.90. The number of benzene rings is 2. The summed E-state index contributed by atoms with van der Waals surface area (Å²) in [5.41, 5.74) is 4.10. The summed E-state index contributed by atoms with van der Waals surface area (Å²) < 4.78 is 2.39. The van der Waals surface area contributed by atoms with Gasteiger partial charge in [0.25, 0.3) is 0 Å². The van der Waals surface area contributed by atoms with Gasteiger partial charge in [-0.15, -0.1) is 0 Å². The Balaban J connectivity index is 2.34. The van der Waals surface area contributed by atoms with E-state index in [1.54, 1.807) is 0 Å². The van der Waals surface area contributed by atoms with Crippen molar-refractivity contribution in [1.29, 1.82) is 0 Å². The van der Waals surface area contributed by atoms with Gasteiger partial charge in [-0.25, -0.2) is 0 Å². The van der Waals surface area contributed by atoms with Gasteiger partial charge in [0.15, 0.2) is 0 Å². The van der Waals surface area contributed by atoms with E-state index in [0.717, 1.165) is 4.47 Å². The van der Waals surface area contributed by atoms with Gasteiger partial charge in [0, 0.05) is 8.04 Å². The monoisotopic (exact) mass is 506 g/mol. The molecule has 0 bridgehead atoms. The van der Waals surface area contributed by atoms with Gasteiger partial charge in [0.05, 0.1) is 4.83 Å². The molecule has 0 saturated heterocycles. The smallest absolute Gasteiger partial charge is 0.0655 e. The number of alkyl halides is 1. The number of halogens is 3. The van der Waals surface area contributed by atoms with E-state index < -0.39 is 0 Å². The average molecular weight is 508 g/mol. The van der Waals surface area contributed by atoms with Crippen LogP contribution in [0.2, 0.25) is 0 Å². The Hall–Kier alpha value is 0.130. The van der Waals surface area contributed by atoms with Crippen molar-refractivity contribution in [3.63, 3.8) is 0 Å². The van der Waals surface area contributed by atoms with Crippen molar-refractivity contribution in [2.24, 2.45) is 0 Å². The van der Waals surface area contributed by atoms with Crippen LogP contribution in [0.15, 0.2) is 46.9 Å². The Bertz CT molecular complexity index is 597. The topological polar surface area (TPSA) is 0 Å². The minimum atomic E-state index is 0.197. The van der Waals surface area contributed by atoms with Crippen LogP contribution < -0.4 is 0 Å². The van der Waals surface area contributed by atoms with Gasteiger partial charge in [0.1, 0.15) is 0 Å². The normalized spacial score (nSPS) is 13.3. The van der Waals surface area contributed by atoms with Crippen LogP contribution in [0.3, 0.4) is 0 Å². The van der Waals surface area contributed by atoms with Crippen LogP contribution in [0.4, 0.5) is 0 Å². The molecule has 0 amide bonds. The maximum Gasteiger partial charge on any atom is 0.0655 e. The summed E-state index contributed by atoms with van der Waals surface area (Å²) in [6, 6.07) is 15.3. The van der Waals surface area contributed by atoms with Crippen LogP contribution in [0, 0.1) is 3.57 Å². The summed E-state index contributed by atoms with van der Waals surface area (Å²) in [7, 11) is 0. The molecule has 0 nitrogen and oxygen atoms in total. The molecule has 3 heteroatoms. The highest BCUT2D eigenvalue weighted by atomic mass is 127. The fourth-order valence-electron chi connectivity index (χ4n) is 2.04. The van der Waals surface area contributed by atoms with E-state index in [0.29, 0.717) is 0 Å². The maximum absolute atomic E-state index is 3.82. The molecule has 0 spiro atoms. The molecule has 0 aromatic heterocycles. The fourth-order valence-corrected chi connectivity index (χ4v) is 4.02. The summed E-state index contributed by atoms with van der Waals surface area (Å²) in [4.78, 5) is 0.209. The summed E-state index contributed by atoms with van der Waals surface area (Å²) in [6.45, 7) is 6.72. The van der Waals surface area contributed by atoms with Crippen molar-refractivity contribution in [1.82, 2.24) is 0 Å². The lowest BCUT2D eigenvalue weighted by atomic mass is 9.86. The maximum atomic E-state index is 3.82. The predicted molar refractivity (Wildman–Crippen MR) is 103 cm³/mol. The average Bonchev–Trinajstić information content (AvgIpc) is 2.40. The van der Waals surface area contributed by atoms with E-state index in [2.05, 4.69) is 118 Å². The third-order valence-corrected chi connectivity index (χ3v) is 5.72. The van der Waals surface area contributed by atoms with Gasteiger partial charge in [-0.1, -0.05) is 76.9 Å². The van der Waals surface area contributed by atoms with Crippen molar-refractivity contribution < 1.29 is 0 Å². The van der Waals surface area contributed by atoms with Crippen molar-refractivity contribution in [3.8, 4) is 0 Å². The molecule has 20 heavy (non-hydrogen) atoms. The van der Waals surface area contributed by atoms with E-state index in [1.807, 2.05) is 0 Å². The van der Waals surface area contributed by atoms with Gasteiger partial charge in [-0.2, -0.15) is 0 Å². The number of hydrogen-bond acceptors (Lipinski definition) is 0. The second-order valence-corrected chi connectivity index (χ2v) is 8.92. The molecule has 0 saturated carbocycles. The van der Waals surface area contributed by atoms with Crippen molar-refractivity contribution >= 4 is 54.5 Å². The lowest BCUT2D eigenvalue weighted by Crippen LogP contribution is -2.10. The highest BCUT2D eigenvalue weighted by Crippen LogP contribution is 2.36. The van der Waals surface area contributed by atoms with Gasteiger partial charge in [-0.3, -0.25) is 0 Å². The first-order valence-electron chi connectivity index (χ1n) is 6.48. The Morgan fingerprint density at radius 3 is 2.15 bits per heavy atom. The molecule has 0 aliphatic rings. The molecule has 0 radical (unpaired) electrons. The summed E-state index contributed by atoms with van der Waals surface area (Å²) in [5.74, 6) is 0. The second kappa shape index (κ2) is 6.49. The van der Waals surface area contributed by atoms with Crippen LogP contribution in [0.1, 0.15) is 42.3 Å². The summed E-state index contributed by atoms with van der Waals surface area (Å²) in [5, 5.41) is 0. The van der Waals surface area contributed by atoms with Gasteiger partial charge in [0.2, 0.25) is 0 Å². The van der Waals surface area contributed by atoms with Crippen LogP contribution in [0.5, 0.6) is 0 Å². The molecule has 2 aromatic rings. The van der Waals surface area contributed by atoms with Gasteiger partial charge >= 0.3 is 0 Å². The number of rotatable bonds is 2. The molecular formula is C17H17Br2I. The minimum Gasteiger partial charge on any atom is -0.0786 e. The molecule has 2 rings (SSSR count). The van der Waals surface area contributed by atoms with Gasteiger partial charge in [-0.05, 0) is 62.9 Å². The highest BCUT2D eigenvalue weighted by Gasteiger charge is 2.17. The Morgan fingerprint density at radius 1 is 1.00 bits per heavy atom. The molecule has 0 aliphatic heterocycles. The Labute approximate surface area is 151 Å². The molecule has 0 fully saturated rings. The van der Waals surface area contributed by atoms with E-state index in [1.165, 1.54) is 20.3 Å². The van der Waals surface area contributed by atoms with Crippen LogP contribution in [-0.2, 0) is 5.41 Å². The summed E-state index contributed by atoms with van der Waals surface area (Å²) >= 11 is 9.81. The largest absolute Gasteiger partial charge is 0.0786 e. The Kier molecular flexibility index (Phi) is 5.35. The highest BCUT2D eigenvalue weighted by molar-refractivity contribution is 14.1. The van der Waals surface area contributed by atoms with Crippen molar-refractivity contribution in [2.45, 2.75) is 31.0 Å². The zero-order chi connectivity index (χ0) is 14.9. The summed E-state index contributed by atoms with van der Waals surface area (Å²) in [6.07, 6.45) is 0. The van der Waals surface area contributed by atoms with Gasteiger partial charge < -0.3 is 0 Å². The van der Waals surface area contributed by atoms with E-state index in [9.17, 15) is 0 Å². The van der Waals surface area contributed by atoms with Crippen molar-refractivity contribution in [3.05, 3.63) is 67.2 Å². The zero-order valence-corrected chi connectivity index (χ0v) is 17.1. The molecule has 106 valence electrons. The molecule has 0 N–H and O–H groups in total. The standard InChI is InChI=1S/C17H17Br2I/c1-17(2,3)12-6-4-11(5-7-12)16(19)14-10-13(20)8-9-15(14)18/h4-10,16H,1-3H3. The lowest BCUT2D eigenvalue weighted by molar-refractivity contribution is 0.590. The zero-order valence-electron chi connectivity index (χ0n) is 11.8. The van der Waals surface area contributed by atoms with E-state index in [4.69, 9.17) is 0 Å². The SMILES string of the molecule is CC(C)(C)c1ccc(C(Br)c2cc(I)ccc2Br)cc1. The molecule has 1 unspecified atom stereocenters. The predicted octanol–water partition coefficient (Wildman–Crippen LogP) is 6.84. The minimum absolute atomic E-state index is 0.197. The third-order valence-electron chi connectivity index (χ3n) is 3.30. The van der Waals surface area contributed by atoms with Crippen LogP contribution in [0.25, 0.3) is 0 Å². The molecule has 1 atom stereocenters. The molecule has 2 aromatic carbocycles. The van der Waals surface area contributed by atoms with E-state index >= 15 is 0 Å². The number of hydrogen-bond donors (Lipinski definition) is 0. The quantitative estimate of drug-likeness (QED) is 0.308. The Morgan fingerprint density at radius 2 is 1.60 bits per heavy atom. The molecule has 0 heterocycles. The first-order chi connectivity index (χ1) is 9.29. The first kappa shape index (κ1) is 16.5. The van der Waals surface area contributed by atoms with E-state index in [-0.39, 0.29) is 10.2 Å². The first-order valence-corrected chi connectivity index (χ1v) is 9.27.